The Morgan fingerprint density at radius 3 is 2.67 bits per heavy atom. The van der Waals surface area contributed by atoms with Crippen LogP contribution in [0.2, 0.25) is 0 Å². The van der Waals surface area contributed by atoms with Crippen LogP contribution in [0, 0.1) is 0 Å². The van der Waals surface area contributed by atoms with Gasteiger partial charge in [-0.3, -0.25) is 4.79 Å². The molecule has 0 radical (unpaired) electrons. The van der Waals surface area contributed by atoms with Gasteiger partial charge in [-0.05, 0) is 29.8 Å². The Hall–Kier alpha value is -3.61. The minimum atomic E-state index is -0.253. The van der Waals surface area contributed by atoms with Crippen molar-refractivity contribution in [3.8, 4) is 5.75 Å². The van der Waals surface area contributed by atoms with Crippen molar-refractivity contribution in [3.63, 3.8) is 0 Å². The number of H-pyrrole nitrogens is 1. The number of anilines is 1. The van der Waals surface area contributed by atoms with Gasteiger partial charge >= 0.3 is 0 Å². The zero-order valence-electron chi connectivity index (χ0n) is 15.3. The summed E-state index contributed by atoms with van der Waals surface area (Å²) < 4.78 is 6.46. The first kappa shape index (κ1) is 16.8. The number of aromatic amines is 1. The van der Waals surface area contributed by atoms with Crippen LogP contribution < -0.4 is 15.2 Å². The van der Waals surface area contributed by atoms with E-state index < -0.39 is 0 Å². The van der Waals surface area contributed by atoms with Gasteiger partial charge in [0.25, 0.3) is 5.56 Å². The highest BCUT2D eigenvalue weighted by Crippen LogP contribution is 2.25. The lowest BCUT2D eigenvalue weighted by Crippen LogP contribution is -2.17. The Labute approximate surface area is 155 Å². The summed E-state index contributed by atoms with van der Waals surface area (Å²) in [5.41, 5.74) is 3.58. The molecule has 0 bridgehead atoms. The van der Waals surface area contributed by atoms with Gasteiger partial charge in [0, 0.05) is 31.2 Å². The van der Waals surface area contributed by atoms with Crippen LogP contribution in [0.5, 0.6) is 5.75 Å². The van der Waals surface area contributed by atoms with E-state index in [-0.39, 0.29) is 5.56 Å². The number of benzene rings is 2. The fourth-order valence-corrected chi connectivity index (χ4v) is 2.93. The highest BCUT2D eigenvalue weighted by atomic mass is 16.5. The van der Waals surface area contributed by atoms with Crippen molar-refractivity contribution in [1.82, 2.24) is 14.6 Å². The van der Waals surface area contributed by atoms with Crippen molar-refractivity contribution >= 4 is 33.8 Å². The third-order valence-electron chi connectivity index (χ3n) is 4.44. The molecule has 1 N–H and O–H groups in total. The van der Waals surface area contributed by atoms with Crippen LogP contribution >= 0.6 is 0 Å². The van der Waals surface area contributed by atoms with Gasteiger partial charge in [0.1, 0.15) is 23.1 Å². The zero-order valence-corrected chi connectivity index (χ0v) is 15.3. The number of methoxy groups -OCH3 is 1. The summed E-state index contributed by atoms with van der Waals surface area (Å²) in [6.45, 7) is 0. The quantitative estimate of drug-likeness (QED) is 0.567. The summed E-state index contributed by atoms with van der Waals surface area (Å²) in [6.07, 6.45) is 3.08. The van der Waals surface area contributed by atoms with Gasteiger partial charge in [-0.15, -0.1) is 0 Å². The lowest BCUT2D eigenvalue weighted by Gasteiger charge is -2.11. The Bertz CT molecular complexity index is 1200. The molecule has 7 nitrogen and oxygen atoms in total. The van der Waals surface area contributed by atoms with Gasteiger partial charge in [-0.25, -0.2) is 4.98 Å². The number of rotatable bonds is 4. The van der Waals surface area contributed by atoms with Crippen molar-refractivity contribution in [1.29, 1.82) is 0 Å². The molecular formula is C20H19N5O2. The lowest BCUT2D eigenvalue weighted by molar-refractivity contribution is 0.415. The molecule has 0 unspecified atom stereocenters. The van der Waals surface area contributed by atoms with Crippen molar-refractivity contribution < 1.29 is 4.74 Å². The molecule has 0 fully saturated rings. The highest BCUT2D eigenvalue weighted by molar-refractivity contribution is 6.04. The van der Waals surface area contributed by atoms with Crippen LogP contribution in [0.3, 0.4) is 0 Å². The van der Waals surface area contributed by atoms with Crippen molar-refractivity contribution in [2.24, 2.45) is 5.10 Å². The molecule has 4 rings (SSSR count). The smallest absolute Gasteiger partial charge is 0.298 e. The molecule has 0 saturated carbocycles. The van der Waals surface area contributed by atoms with Crippen LogP contribution in [0.1, 0.15) is 5.56 Å². The molecule has 0 aliphatic heterocycles. The summed E-state index contributed by atoms with van der Waals surface area (Å²) in [7, 11) is 5.58. The van der Waals surface area contributed by atoms with Crippen molar-refractivity contribution in [2.45, 2.75) is 0 Å². The minimum Gasteiger partial charge on any atom is -0.497 e. The van der Waals surface area contributed by atoms with Crippen LogP contribution in [-0.2, 0) is 0 Å². The first-order chi connectivity index (χ1) is 13.1. The molecule has 4 aromatic rings. The molecule has 0 aliphatic rings. The number of fused-ring (bicyclic) bond motifs is 3. The average molecular weight is 361 g/mol. The third-order valence-corrected chi connectivity index (χ3v) is 4.44. The summed E-state index contributed by atoms with van der Waals surface area (Å²) in [5.74, 6) is 0.716. The summed E-state index contributed by atoms with van der Waals surface area (Å²) >= 11 is 0. The molecule has 0 aliphatic carbocycles. The number of nitrogens with zero attached hydrogens (tertiary/aromatic N) is 4. The van der Waals surface area contributed by atoms with Gasteiger partial charge in [-0.1, -0.05) is 12.1 Å². The number of hydrogen-bond acceptors (Lipinski definition) is 5. The monoisotopic (exact) mass is 361 g/mol. The molecule has 7 heteroatoms. The van der Waals surface area contributed by atoms with Crippen LogP contribution in [0.4, 0.5) is 5.69 Å². The molecule has 136 valence electrons. The predicted molar refractivity (Wildman–Crippen MR) is 108 cm³/mol. The fourth-order valence-electron chi connectivity index (χ4n) is 2.93. The molecule has 2 heterocycles. The van der Waals surface area contributed by atoms with E-state index in [9.17, 15) is 4.79 Å². The van der Waals surface area contributed by atoms with Gasteiger partial charge in [0.05, 0.1) is 18.8 Å². The largest absolute Gasteiger partial charge is 0.497 e. The van der Waals surface area contributed by atoms with Gasteiger partial charge in [0.2, 0.25) is 0 Å². The van der Waals surface area contributed by atoms with E-state index in [1.807, 2.05) is 61.5 Å². The second-order valence-corrected chi connectivity index (χ2v) is 6.38. The van der Waals surface area contributed by atoms with Gasteiger partial charge < -0.3 is 14.6 Å². The fraction of sp³-hybridized carbons (Fsp3) is 0.150. The Morgan fingerprint density at radius 1 is 1.19 bits per heavy atom. The number of nitrogens with one attached hydrogen (secondary N) is 1. The van der Waals surface area contributed by atoms with E-state index in [4.69, 9.17) is 4.74 Å². The number of aromatic nitrogens is 3. The highest BCUT2D eigenvalue weighted by Gasteiger charge is 2.11. The first-order valence-corrected chi connectivity index (χ1v) is 8.45. The average Bonchev–Trinajstić information content (AvgIpc) is 3.06. The molecule has 0 spiro atoms. The molecular weight excluding hydrogens is 342 g/mol. The summed E-state index contributed by atoms with van der Waals surface area (Å²) in [6, 6.07) is 13.5. The predicted octanol–water partition coefficient (Wildman–Crippen LogP) is 2.83. The molecule has 0 atom stereocenters. The zero-order chi connectivity index (χ0) is 19.0. The molecule has 0 saturated heterocycles. The van der Waals surface area contributed by atoms with E-state index >= 15 is 0 Å². The third kappa shape index (κ3) is 3.03. The minimum absolute atomic E-state index is 0.253. The topological polar surface area (TPSA) is 75.5 Å². The first-order valence-electron chi connectivity index (χ1n) is 8.45. The lowest BCUT2D eigenvalue weighted by atomic mass is 10.2. The maximum atomic E-state index is 12.8. The van der Waals surface area contributed by atoms with E-state index in [0.717, 1.165) is 22.2 Å². The van der Waals surface area contributed by atoms with Gasteiger partial charge in [0.15, 0.2) is 0 Å². The van der Waals surface area contributed by atoms with Crippen LogP contribution in [-0.4, -0.2) is 42.1 Å². The maximum absolute atomic E-state index is 12.8. The normalized spacial score (nSPS) is 11.5. The van der Waals surface area contributed by atoms with Crippen LogP contribution in [0.15, 0.2) is 58.7 Å². The summed E-state index contributed by atoms with van der Waals surface area (Å²) in [4.78, 5) is 22.3. The Kier molecular flexibility index (Phi) is 4.12. The molecule has 27 heavy (non-hydrogen) atoms. The van der Waals surface area contributed by atoms with Crippen molar-refractivity contribution in [3.05, 3.63) is 64.7 Å². The Morgan fingerprint density at radius 2 is 1.96 bits per heavy atom. The van der Waals surface area contributed by atoms with Crippen molar-refractivity contribution in [2.75, 3.05) is 26.1 Å². The second-order valence-electron chi connectivity index (χ2n) is 6.38. The van der Waals surface area contributed by atoms with Crippen LogP contribution in [0.25, 0.3) is 21.9 Å². The summed E-state index contributed by atoms with van der Waals surface area (Å²) in [5, 5.41) is 5.14. The maximum Gasteiger partial charge on any atom is 0.298 e. The van der Waals surface area contributed by atoms with E-state index in [2.05, 4.69) is 15.1 Å². The number of hydrogen-bond donors (Lipinski definition) is 1. The van der Waals surface area contributed by atoms with E-state index in [1.165, 1.54) is 11.0 Å². The molecule has 0 amide bonds. The Balaban J connectivity index is 1.73. The SMILES string of the molecule is COc1ccc2c(c1)[nH]c1c(=O)n(N=Cc3ccc(N(C)C)cc3)cnc12. The standard InChI is InChI=1S/C20H19N5O2/c1-24(2)14-6-4-13(5-7-14)11-22-25-12-21-18-16-9-8-15(27-3)10-17(16)23-19(18)20(25)26/h4-12,23H,1-3H3. The van der Waals surface area contributed by atoms with E-state index in [0.29, 0.717) is 16.8 Å². The van der Waals surface area contributed by atoms with Gasteiger partial charge in [-0.2, -0.15) is 9.78 Å². The second kappa shape index (κ2) is 6.60. The molecule has 2 aromatic heterocycles. The number of ether oxygens (including phenoxy) is 1. The molecule has 2 aromatic carbocycles. The van der Waals surface area contributed by atoms with E-state index in [1.54, 1.807) is 13.3 Å².